The summed E-state index contributed by atoms with van der Waals surface area (Å²) in [7, 11) is 4.24. The fourth-order valence-corrected chi connectivity index (χ4v) is 2.29. The monoisotopic (exact) mass is 248 g/mol. The molecule has 1 atom stereocenters. The zero-order valence-corrected chi connectivity index (χ0v) is 12.5. The summed E-state index contributed by atoms with van der Waals surface area (Å²) in [6.07, 6.45) is 3.33. The summed E-state index contributed by atoms with van der Waals surface area (Å²) in [6, 6.07) is 9.39. The highest BCUT2D eigenvalue weighted by Gasteiger charge is 2.22. The molecule has 1 aromatic rings. The number of nitrogens with zero attached hydrogens (tertiary/aromatic N) is 1. The average Bonchev–Trinajstić information content (AvgIpc) is 2.26. The van der Waals surface area contributed by atoms with Crippen LogP contribution in [-0.4, -0.2) is 24.5 Å². The van der Waals surface area contributed by atoms with Crippen molar-refractivity contribution in [1.82, 2.24) is 4.90 Å². The molecule has 0 aliphatic heterocycles. The van der Waals surface area contributed by atoms with E-state index in [2.05, 4.69) is 64.0 Å². The summed E-state index contributed by atoms with van der Waals surface area (Å²) in [4.78, 5) is 2.25. The molecule has 0 aromatic heterocycles. The van der Waals surface area contributed by atoms with Crippen molar-refractivity contribution in [2.45, 2.75) is 51.6 Å². The number of benzene rings is 1. The van der Waals surface area contributed by atoms with Gasteiger partial charge in [0, 0.05) is 11.6 Å². The second-order valence-corrected chi connectivity index (χ2v) is 6.16. The van der Waals surface area contributed by atoms with Gasteiger partial charge in [0.1, 0.15) is 0 Å². The first-order valence-corrected chi connectivity index (χ1v) is 6.87. The molecular weight excluding hydrogens is 220 g/mol. The lowest BCUT2D eigenvalue weighted by Crippen LogP contribution is -2.37. The molecule has 0 radical (unpaired) electrons. The maximum absolute atomic E-state index is 6.16. The zero-order valence-electron chi connectivity index (χ0n) is 12.5. The summed E-state index contributed by atoms with van der Waals surface area (Å²) >= 11 is 0. The van der Waals surface area contributed by atoms with Gasteiger partial charge in [-0.2, -0.15) is 0 Å². The molecule has 0 fully saturated rings. The van der Waals surface area contributed by atoms with Crippen LogP contribution < -0.4 is 5.73 Å². The second-order valence-electron chi connectivity index (χ2n) is 6.16. The predicted molar refractivity (Wildman–Crippen MR) is 79.7 cm³/mol. The van der Waals surface area contributed by atoms with Crippen molar-refractivity contribution in [1.29, 1.82) is 0 Å². The van der Waals surface area contributed by atoms with E-state index in [1.54, 1.807) is 0 Å². The van der Waals surface area contributed by atoms with Crippen molar-refractivity contribution in [3.05, 3.63) is 35.4 Å². The van der Waals surface area contributed by atoms with Gasteiger partial charge in [0.05, 0.1) is 0 Å². The van der Waals surface area contributed by atoms with E-state index < -0.39 is 0 Å². The van der Waals surface area contributed by atoms with Crippen molar-refractivity contribution in [3.63, 3.8) is 0 Å². The maximum Gasteiger partial charge on any atom is 0.0359 e. The van der Waals surface area contributed by atoms with Gasteiger partial charge < -0.3 is 10.6 Å². The highest BCUT2D eigenvalue weighted by molar-refractivity contribution is 5.25. The number of rotatable bonds is 6. The van der Waals surface area contributed by atoms with E-state index in [9.17, 15) is 0 Å². The van der Waals surface area contributed by atoms with E-state index >= 15 is 0 Å². The van der Waals surface area contributed by atoms with Gasteiger partial charge in [-0.15, -0.1) is 0 Å². The van der Waals surface area contributed by atoms with Crippen LogP contribution in [0.3, 0.4) is 0 Å². The van der Waals surface area contributed by atoms with Crippen LogP contribution in [0, 0.1) is 0 Å². The zero-order chi connectivity index (χ0) is 13.8. The van der Waals surface area contributed by atoms with Crippen LogP contribution in [-0.2, 0) is 6.42 Å². The minimum Gasteiger partial charge on any atom is -0.325 e. The van der Waals surface area contributed by atoms with Gasteiger partial charge >= 0.3 is 0 Å². The molecule has 2 N–H and O–H groups in total. The van der Waals surface area contributed by atoms with Crippen LogP contribution in [0.25, 0.3) is 0 Å². The first-order chi connectivity index (χ1) is 8.33. The van der Waals surface area contributed by atoms with Gasteiger partial charge in [0.15, 0.2) is 0 Å². The van der Waals surface area contributed by atoms with Crippen LogP contribution in [0.1, 0.15) is 50.8 Å². The molecule has 1 aromatic carbocycles. The van der Waals surface area contributed by atoms with Crippen molar-refractivity contribution in [2.24, 2.45) is 5.73 Å². The van der Waals surface area contributed by atoms with Gasteiger partial charge in [0.25, 0.3) is 0 Å². The number of nitrogens with two attached hydrogens (primary N) is 1. The van der Waals surface area contributed by atoms with E-state index in [0.29, 0.717) is 6.04 Å². The number of hydrogen-bond acceptors (Lipinski definition) is 2. The Balaban J connectivity index is 2.86. The molecule has 0 saturated heterocycles. The molecule has 0 saturated carbocycles. The lowest BCUT2D eigenvalue weighted by Gasteiger charge is -2.31. The van der Waals surface area contributed by atoms with Crippen molar-refractivity contribution in [2.75, 3.05) is 14.1 Å². The summed E-state index contributed by atoms with van der Waals surface area (Å²) in [5, 5.41) is 0. The molecule has 0 bridgehead atoms. The molecular formula is C16H28N2. The van der Waals surface area contributed by atoms with E-state index in [-0.39, 0.29) is 5.54 Å². The third kappa shape index (κ3) is 4.79. The first-order valence-electron chi connectivity index (χ1n) is 6.87. The molecule has 2 nitrogen and oxygen atoms in total. The van der Waals surface area contributed by atoms with Crippen molar-refractivity contribution in [3.8, 4) is 0 Å². The number of hydrogen-bond donors (Lipinski definition) is 1. The van der Waals surface area contributed by atoms with Crippen molar-refractivity contribution < 1.29 is 0 Å². The topological polar surface area (TPSA) is 29.3 Å². The maximum atomic E-state index is 6.16. The third-order valence-corrected chi connectivity index (χ3v) is 3.25. The fourth-order valence-electron chi connectivity index (χ4n) is 2.29. The Morgan fingerprint density at radius 3 is 2.11 bits per heavy atom. The minimum absolute atomic E-state index is 0.142. The SMILES string of the molecule is CCCc1ccc(C(CC(C)(C)N)N(C)C)cc1. The molecule has 1 unspecified atom stereocenters. The van der Waals surface area contributed by atoms with Gasteiger partial charge in [-0.25, -0.2) is 0 Å². The second kappa shape index (κ2) is 6.35. The summed E-state index contributed by atoms with van der Waals surface area (Å²) < 4.78 is 0. The third-order valence-electron chi connectivity index (χ3n) is 3.25. The van der Waals surface area contributed by atoms with Gasteiger partial charge in [0.2, 0.25) is 0 Å². The minimum atomic E-state index is -0.142. The summed E-state index contributed by atoms with van der Waals surface area (Å²) in [5.74, 6) is 0. The average molecular weight is 248 g/mol. The Morgan fingerprint density at radius 1 is 1.17 bits per heavy atom. The molecule has 18 heavy (non-hydrogen) atoms. The molecule has 0 amide bonds. The smallest absolute Gasteiger partial charge is 0.0359 e. The quantitative estimate of drug-likeness (QED) is 0.836. The molecule has 102 valence electrons. The Morgan fingerprint density at radius 2 is 1.72 bits per heavy atom. The van der Waals surface area contributed by atoms with Gasteiger partial charge in [-0.1, -0.05) is 37.6 Å². The predicted octanol–water partition coefficient (Wildman–Crippen LogP) is 3.37. The summed E-state index contributed by atoms with van der Waals surface area (Å²) in [5.41, 5.74) is 8.80. The highest BCUT2D eigenvalue weighted by Crippen LogP contribution is 2.27. The Hall–Kier alpha value is -0.860. The molecule has 1 rings (SSSR count). The first kappa shape index (κ1) is 15.2. The molecule has 0 aliphatic rings. The van der Waals surface area contributed by atoms with E-state index in [1.165, 1.54) is 17.5 Å². The Kier molecular flexibility index (Phi) is 5.36. The lowest BCUT2D eigenvalue weighted by atomic mass is 9.90. The van der Waals surface area contributed by atoms with Gasteiger partial charge in [-0.3, -0.25) is 0 Å². The fraction of sp³-hybridized carbons (Fsp3) is 0.625. The standard InChI is InChI=1S/C16H28N2/c1-6-7-13-8-10-14(11-9-13)15(18(4)5)12-16(2,3)17/h8-11,15H,6-7,12,17H2,1-5H3. The summed E-state index contributed by atoms with van der Waals surface area (Å²) in [6.45, 7) is 6.40. The molecule has 0 spiro atoms. The normalized spacial score (nSPS) is 13.9. The largest absolute Gasteiger partial charge is 0.325 e. The molecule has 2 heteroatoms. The lowest BCUT2D eigenvalue weighted by molar-refractivity contribution is 0.243. The molecule has 0 aliphatic carbocycles. The van der Waals surface area contributed by atoms with Gasteiger partial charge in [-0.05, 0) is 51.9 Å². The molecule has 0 heterocycles. The Labute approximate surface area is 112 Å². The van der Waals surface area contributed by atoms with E-state index in [1.807, 2.05) is 0 Å². The van der Waals surface area contributed by atoms with Crippen LogP contribution in [0.4, 0.5) is 0 Å². The van der Waals surface area contributed by atoms with Crippen LogP contribution in [0.5, 0.6) is 0 Å². The van der Waals surface area contributed by atoms with Crippen molar-refractivity contribution >= 4 is 0 Å². The highest BCUT2D eigenvalue weighted by atomic mass is 15.1. The van der Waals surface area contributed by atoms with Crippen LogP contribution in [0.2, 0.25) is 0 Å². The van der Waals surface area contributed by atoms with Crippen LogP contribution >= 0.6 is 0 Å². The van der Waals surface area contributed by atoms with E-state index in [0.717, 1.165) is 12.8 Å². The van der Waals surface area contributed by atoms with Crippen LogP contribution in [0.15, 0.2) is 24.3 Å². The Bertz CT molecular complexity index is 346. The van der Waals surface area contributed by atoms with E-state index in [4.69, 9.17) is 5.73 Å². The number of aryl methyl sites for hydroxylation is 1.